The first kappa shape index (κ1) is 13.9. The van der Waals surface area contributed by atoms with Crippen molar-refractivity contribution in [3.8, 4) is 0 Å². The number of aromatic nitrogens is 1. The van der Waals surface area contributed by atoms with E-state index in [9.17, 15) is 4.79 Å². The van der Waals surface area contributed by atoms with Crippen molar-refractivity contribution in [1.82, 2.24) is 4.98 Å². The van der Waals surface area contributed by atoms with Gasteiger partial charge in [0.2, 0.25) is 0 Å². The van der Waals surface area contributed by atoms with Gasteiger partial charge in [-0.3, -0.25) is 4.79 Å². The van der Waals surface area contributed by atoms with Gasteiger partial charge in [-0.25, -0.2) is 4.98 Å². The lowest BCUT2D eigenvalue weighted by molar-refractivity contribution is -0.145. The van der Waals surface area contributed by atoms with E-state index in [0.29, 0.717) is 6.61 Å². The molecule has 110 valence electrons. The molecule has 1 aromatic heterocycles. The van der Waals surface area contributed by atoms with Crippen LogP contribution in [-0.4, -0.2) is 30.6 Å². The average molecular weight is 294 g/mol. The third kappa shape index (κ3) is 2.68. The minimum Gasteiger partial charge on any atom is -0.465 e. The second kappa shape index (κ2) is 6.12. The molecule has 0 aromatic carbocycles. The number of thiazole rings is 1. The molecule has 5 heteroatoms. The Bertz CT molecular complexity index is 478. The molecule has 0 spiro atoms. The highest BCUT2D eigenvalue weighted by Crippen LogP contribution is 2.40. The molecule has 2 heterocycles. The van der Waals surface area contributed by atoms with Gasteiger partial charge in [0.25, 0.3) is 0 Å². The summed E-state index contributed by atoms with van der Waals surface area (Å²) < 4.78 is 5.17. The monoisotopic (exact) mass is 294 g/mol. The molecule has 1 fully saturated rings. The van der Waals surface area contributed by atoms with Crippen LogP contribution in [0.3, 0.4) is 0 Å². The second-order valence-corrected chi connectivity index (χ2v) is 6.61. The molecule has 1 aliphatic heterocycles. The molecule has 2 aliphatic rings. The fourth-order valence-corrected chi connectivity index (χ4v) is 4.27. The lowest BCUT2D eigenvalue weighted by atomic mass is 10.1. The van der Waals surface area contributed by atoms with Gasteiger partial charge in [-0.1, -0.05) is 12.8 Å². The van der Waals surface area contributed by atoms with Crippen LogP contribution in [0.1, 0.15) is 55.5 Å². The SMILES string of the molecule is CCOC(=O)C1CCc2sc(N3CCCCCC3)nc21. The van der Waals surface area contributed by atoms with Crippen molar-refractivity contribution < 1.29 is 9.53 Å². The van der Waals surface area contributed by atoms with E-state index in [4.69, 9.17) is 9.72 Å². The molecule has 0 radical (unpaired) electrons. The van der Waals surface area contributed by atoms with Crippen LogP contribution in [0.5, 0.6) is 0 Å². The quantitative estimate of drug-likeness (QED) is 0.803. The van der Waals surface area contributed by atoms with Crippen LogP contribution >= 0.6 is 11.3 Å². The predicted molar refractivity (Wildman–Crippen MR) is 80.5 cm³/mol. The first-order chi connectivity index (χ1) is 9.79. The maximum Gasteiger partial charge on any atom is 0.315 e. The number of aryl methyl sites for hydroxylation is 1. The van der Waals surface area contributed by atoms with Gasteiger partial charge >= 0.3 is 5.97 Å². The number of carbonyl (C=O) groups is 1. The molecule has 3 rings (SSSR count). The Morgan fingerprint density at radius 1 is 1.35 bits per heavy atom. The summed E-state index contributed by atoms with van der Waals surface area (Å²) in [5.41, 5.74) is 0.993. The summed E-state index contributed by atoms with van der Waals surface area (Å²) in [4.78, 5) is 20.5. The minimum absolute atomic E-state index is 0.0982. The summed E-state index contributed by atoms with van der Waals surface area (Å²) >= 11 is 1.78. The van der Waals surface area contributed by atoms with E-state index < -0.39 is 0 Å². The first-order valence-corrected chi connectivity index (χ1v) is 8.52. The molecule has 1 aromatic rings. The highest BCUT2D eigenvalue weighted by molar-refractivity contribution is 7.15. The summed E-state index contributed by atoms with van der Waals surface area (Å²) in [5, 5.41) is 1.12. The minimum atomic E-state index is -0.123. The number of esters is 1. The zero-order valence-electron chi connectivity index (χ0n) is 12.1. The molecule has 0 amide bonds. The van der Waals surface area contributed by atoms with Crippen molar-refractivity contribution in [1.29, 1.82) is 0 Å². The maximum absolute atomic E-state index is 12.0. The van der Waals surface area contributed by atoms with Gasteiger partial charge < -0.3 is 9.64 Å². The van der Waals surface area contributed by atoms with Crippen LogP contribution in [0.25, 0.3) is 0 Å². The van der Waals surface area contributed by atoms with Gasteiger partial charge in [-0.2, -0.15) is 0 Å². The van der Waals surface area contributed by atoms with Crippen molar-refractivity contribution in [3.05, 3.63) is 10.6 Å². The molecule has 1 saturated heterocycles. The topological polar surface area (TPSA) is 42.4 Å². The number of hydrogen-bond donors (Lipinski definition) is 0. The number of hydrogen-bond acceptors (Lipinski definition) is 5. The van der Waals surface area contributed by atoms with Gasteiger partial charge in [0.05, 0.1) is 12.3 Å². The molecule has 1 aliphatic carbocycles. The van der Waals surface area contributed by atoms with Crippen molar-refractivity contribution in [2.45, 2.75) is 51.4 Å². The molecule has 0 bridgehead atoms. The van der Waals surface area contributed by atoms with E-state index in [0.717, 1.165) is 36.8 Å². The second-order valence-electron chi connectivity index (χ2n) is 5.55. The lowest BCUT2D eigenvalue weighted by Gasteiger charge is -2.19. The third-order valence-corrected chi connectivity index (χ3v) is 5.35. The molecule has 4 nitrogen and oxygen atoms in total. The Balaban J connectivity index is 1.77. The van der Waals surface area contributed by atoms with Gasteiger partial charge in [-0.05, 0) is 32.6 Å². The van der Waals surface area contributed by atoms with E-state index >= 15 is 0 Å². The largest absolute Gasteiger partial charge is 0.465 e. The third-order valence-electron chi connectivity index (χ3n) is 4.15. The van der Waals surface area contributed by atoms with E-state index in [-0.39, 0.29) is 11.9 Å². The van der Waals surface area contributed by atoms with Gasteiger partial charge in [-0.15, -0.1) is 11.3 Å². The Morgan fingerprint density at radius 2 is 2.10 bits per heavy atom. The Labute approximate surface area is 124 Å². The van der Waals surface area contributed by atoms with Crippen LogP contribution in [-0.2, 0) is 16.0 Å². The molecule has 1 atom stereocenters. The van der Waals surface area contributed by atoms with Gasteiger partial charge in [0.15, 0.2) is 5.13 Å². The number of rotatable bonds is 3. The smallest absolute Gasteiger partial charge is 0.315 e. The number of anilines is 1. The summed E-state index contributed by atoms with van der Waals surface area (Å²) in [6.45, 7) is 4.53. The zero-order valence-corrected chi connectivity index (χ0v) is 12.9. The maximum atomic E-state index is 12.0. The van der Waals surface area contributed by atoms with Gasteiger partial charge in [0, 0.05) is 18.0 Å². The Hall–Kier alpha value is -1.10. The molecule has 20 heavy (non-hydrogen) atoms. The summed E-state index contributed by atoms with van der Waals surface area (Å²) in [7, 11) is 0. The summed E-state index contributed by atoms with van der Waals surface area (Å²) in [5.74, 6) is -0.221. The van der Waals surface area contributed by atoms with Crippen molar-refractivity contribution >= 4 is 22.4 Å². The number of fused-ring (bicyclic) bond motifs is 1. The average Bonchev–Trinajstić information content (AvgIpc) is 2.89. The van der Waals surface area contributed by atoms with E-state index in [2.05, 4.69) is 4.90 Å². The fraction of sp³-hybridized carbons (Fsp3) is 0.733. The van der Waals surface area contributed by atoms with E-state index in [1.165, 1.54) is 30.6 Å². The number of nitrogens with zero attached hydrogens (tertiary/aromatic N) is 2. The van der Waals surface area contributed by atoms with Crippen LogP contribution in [0.15, 0.2) is 0 Å². The van der Waals surface area contributed by atoms with Crippen molar-refractivity contribution in [3.63, 3.8) is 0 Å². The first-order valence-electron chi connectivity index (χ1n) is 7.70. The van der Waals surface area contributed by atoms with Crippen LogP contribution in [0, 0.1) is 0 Å². The molecule has 0 saturated carbocycles. The zero-order chi connectivity index (χ0) is 13.9. The normalized spacial score (nSPS) is 22.4. The molecule has 0 N–H and O–H groups in total. The highest BCUT2D eigenvalue weighted by Gasteiger charge is 2.34. The standard InChI is InChI=1S/C15H22N2O2S/c1-2-19-14(18)11-7-8-12-13(11)16-15(20-12)17-9-5-3-4-6-10-17/h11H,2-10H2,1H3. The molecular weight excluding hydrogens is 272 g/mol. The molecule has 1 unspecified atom stereocenters. The van der Waals surface area contributed by atoms with E-state index in [1.807, 2.05) is 6.92 Å². The van der Waals surface area contributed by atoms with Crippen LogP contribution in [0.4, 0.5) is 5.13 Å². The fourth-order valence-electron chi connectivity index (χ4n) is 3.08. The lowest BCUT2D eigenvalue weighted by Crippen LogP contribution is -2.24. The number of ether oxygens (including phenoxy) is 1. The van der Waals surface area contributed by atoms with Crippen LogP contribution in [0.2, 0.25) is 0 Å². The summed E-state index contributed by atoms with van der Waals surface area (Å²) in [6, 6.07) is 0. The number of carbonyl (C=O) groups excluding carboxylic acids is 1. The van der Waals surface area contributed by atoms with Crippen molar-refractivity contribution in [2.24, 2.45) is 0 Å². The van der Waals surface area contributed by atoms with Gasteiger partial charge in [0.1, 0.15) is 5.92 Å². The highest BCUT2D eigenvalue weighted by atomic mass is 32.1. The van der Waals surface area contributed by atoms with Crippen LogP contribution < -0.4 is 4.90 Å². The Kier molecular flexibility index (Phi) is 4.24. The summed E-state index contributed by atoms with van der Waals surface area (Å²) in [6.07, 6.45) is 7.01. The molecular formula is C15H22N2O2S. The Morgan fingerprint density at radius 3 is 2.80 bits per heavy atom. The van der Waals surface area contributed by atoms with E-state index in [1.54, 1.807) is 11.3 Å². The predicted octanol–water partition coefficient (Wildman–Crippen LogP) is 3.12. The van der Waals surface area contributed by atoms with Crippen molar-refractivity contribution in [2.75, 3.05) is 24.6 Å².